The van der Waals surface area contributed by atoms with E-state index in [-0.39, 0.29) is 12.2 Å². The Bertz CT molecular complexity index is 382. The highest BCUT2D eigenvalue weighted by Gasteiger charge is 2.29. The van der Waals surface area contributed by atoms with Crippen LogP contribution in [0.1, 0.15) is 40.0 Å². The Morgan fingerprint density at radius 3 is 2.65 bits per heavy atom. The smallest absolute Gasteiger partial charge is 0.236 e. The molecule has 1 heterocycles. The van der Waals surface area contributed by atoms with Gasteiger partial charge in [0.2, 0.25) is 10.0 Å². The van der Waals surface area contributed by atoms with Crippen LogP contribution >= 0.6 is 0 Å². The summed E-state index contributed by atoms with van der Waals surface area (Å²) in [4.78, 5) is 4.22. The lowest BCUT2D eigenvalue weighted by atomic mass is 10.1. The van der Waals surface area contributed by atoms with E-state index in [2.05, 4.69) is 4.99 Å². The summed E-state index contributed by atoms with van der Waals surface area (Å²) >= 11 is 0. The normalized spacial score (nSPS) is 17.4. The van der Waals surface area contributed by atoms with Gasteiger partial charge in [0.1, 0.15) is 5.84 Å². The van der Waals surface area contributed by atoms with Crippen LogP contribution in [0.4, 0.5) is 0 Å². The summed E-state index contributed by atoms with van der Waals surface area (Å²) in [6.45, 7) is 6.24. The first-order valence-electron chi connectivity index (χ1n) is 6.02. The molecule has 1 aliphatic heterocycles. The predicted molar refractivity (Wildman–Crippen MR) is 68.6 cm³/mol. The second kappa shape index (κ2) is 5.35. The zero-order valence-corrected chi connectivity index (χ0v) is 11.6. The fourth-order valence-corrected chi connectivity index (χ4v) is 3.50. The summed E-state index contributed by atoms with van der Waals surface area (Å²) in [6, 6.07) is 0. The molecule has 0 aliphatic carbocycles. The topological polar surface area (TPSA) is 70.0 Å². The summed E-state index contributed by atoms with van der Waals surface area (Å²) in [5.41, 5.74) is -0.950. The predicted octanol–water partition coefficient (Wildman–Crippen LogP) is 0.991. The van der Waals surface area contributed by atoms with Crippen molar-refractivity contribution in [2.75, 3.05) is 18.8 Å². The van der Waals surface area contributed by atoms with Crippen LogP contribution < -0.4 is 0 Å². The van der Waals surface area contributed by atoms with Crippen molar-refractivity contribution in [3.63, 3.8) is 0 Å². The molecule has 1 rings (SSSR count). The number of aliphatic hydroxyl groups is 1. The third kappa shape index (κ3) is 4.27. The molecule has 0 bridgehead atoms. The lowest BCUT2D eigenvalue weighted by molar-refractivity contribution is 0.0770. The fourth-order valence-electron chi connectivity index (χ4n) is 1.69. The molecule has 0 spiro atoms. The summed E-state index contributed by atoms with van der Waals surface area (Å²) in [5, 5.41) is 9.58. The third-order valence-electron chi connectivity index (χ3n) is 2.67. The number of aliphatic imine (C=N–C) groups is 1. The molecule has 0 unspecified atom stereocenters. The quantitative estimate of drug-likeness (QED) is 0.776. The van der Waals surface area contributed by atoms with E-state index in [0.717, 1.165) is 6.42 Å². The highest BCUT2D eigenvalue weighted by molar-refractivity contribution is 7.89. The van der Waals surface area contributed by atoms with Gasteiger partial charge < -0.3 is 5.11 Å². The van der Waals surface area contributed by atoms with Crippen molar-refractivity contribution >= 4 is 15.9 Å². The molecule has 0 atom stereocenters. The van der Waals surface area contributed by atoms with Gasteiger partial charge in [-0.15, -0.1) is 0 Å². The minimum absolute atomic E-state index is 0.0285. The lowest BCUT2D eigenvalue weighted by Crippen LogP contribution is -2.37. The van der Waals surface area contributed by atoms with Crippen molar-refractivity contribution in [3.05, 3.63) is 0 Å². The first kappa shape index (κ1) is 14.4. The van der Waals surface area contributed by atoms with Crippen LogP contribution in [0.5, 0.6) is 0 Å². The number of hydrogen-bond donors (Lipinski definition) is 1. The van der Waals surface area contributed by atoms with Gasteiger partial charge in [0.05, 0.1) is 24.4 Å². The van der Waals surface area contributed by atoms with E-state index in [1.807, 2.05) is 6.92 Å². The van der Waals surface area contributed by atoms with E-state index in [1.165, 1.54) is 4.31 Å². The summed E-state index contributed by atoms with van der Waals surface area (Å²) in [7, 11) is -3.32. The van der Waals surface area contributed by atoms with Gasteiger partial charge in [-0.1, -0.05) is 6.92 Å². The van der Waals surface area contributed by atoms with Gasteiger partial charge in [0.15, 0.2) is 0 Å². The minimum Gasteiger partial charge on any atom is -0.390 e. The molecule has 17 heavy (non-hydrogen) atoms. The van der Waals surface area contributed by atoms with E-state index in [4.69, 9.17) is 0 Å². The van der Waals surface area contributed by atoms with Gasteiger partial charge in [-0.3, -0.25) is 9.30 Å². The van der Waals surface area contributed by atoms with E-state index < -0.39 is 15.6 Å². The SMILES string of the molecule is CCCC1=NCCN1S(=O)(=O)CCC(C)(C)O. The van der Waals surface area contributed by atoms with Gasteiger partial charge in [-0.25, -0.2) is 8.42 Å². The standard InChI is InChI=1S/C11H22N2O3S/c1-4-5-10-12-7-8-13(10)17(15,16)9-6-11(2,3)14/h14H,4-9H2,1-3H3. The van der Waals surface area contributed by atoms with Gasteiger partial charge in [0.25, 0.3) is 0 Å². The zero-order chi connectivity index (χ0) is 13.1. The van der Waals surface area contributed by atoms with E-state index in [1.54, 1.807) is 13.8 Å². The highest BCUT2D eigenvalue weighted by Crippen LogP contribution is 2.16. The summed E-state index contributed by atoms with van der Waals surface area (Å²) in [5.74, 6) is 0.641. The molecule has 0 saturated heterocycles. The van der Waals surface area contributed by atoms with Crippen molar-refractivity contribution in [2.45, 2.75) is 45.6 Å². The van der Waals surface area contributed by atoms with Crippen LogP contribution in [-0.2, 0) is 10.0 Å². The van der Waals surface area contributed by atoms with E-state index in [9.17, 15) is 13.5 Å². The Morgan fingerprint density at radius 2 is 2.12 bits per heavy atom. The maximum Gasteiger partial charge on any atom is 0.236 e. The maximum absolute atomic E-state index is 12.1. The Kier molecular flexibility index (Phi) is 4.55. The minimum atomic E-state index is -3.32. The van der Waals surface area contributed by atoms with Crippen molar-refractivity contribution in [1.82, 2.24) is 4.31 Å². The molecule has 5 nitrogen and oxygen atoms in total. The van der Waals surface area contributed by atoms with Crippen LogP contribution in [-0.4, -0.2) is 48.1 Å². The zero-order valence-electron chi connectivity index (χ0n) is 10.8. The van der Waals surface area contributed by atoms with E-state index >= 15 is 0 Å². The molecule has 0 fully saturated rings. The maximum atomic E-state index is 12.1. The van der Waals surface area contributed by atoms with Crippen LogP contribution in [0, 0.1) is 0 Å². The second-order valence-corrected chi connectivity index (χ2v) is 7.01. The Labute approximate surface area is 104 Å². The third-order valence-corrected chi connectivity index (χ3v) is 4.45. The molecule has 0 aromatic carbocycles. The Morgan fingerprint density at radius 1 is 1.47 bits per heavy atom. The largest absolute Gasteiger partial charge is 0.390 e. The van der Waals surface area contributed by atoms with Gasteiger partial charge in [0, 0.05) is 6.42 Å². The van der Waals surface area contributed by atoms with Crippen LogP contribution in [0.15, 0.2) is 4.99 Å². The fraction of sp³-hybridized carbons (Fsp3) is 0.909. The molecule has 0 aromatic heterocycles. The molecular formula is C11H22N2O3S. The van der Waals surface area contributed by atoms with Crippen LogP contribution in [0.25, 0.3) is 0 Å². The average molecular weight is 262 g/mol. The molecule has 1 N–H and O–H groups in total. The molecule has 0 radical (unpaired) electrons. The number of amidine groups is 1. The second-order valence-electron chi connectivity index (χ2n) is 5.00. The lowest BCUT2D eigenvalue weighted by Gasteiger charge is -2.23. The molecule has 1 aliphatic rings. The number of sulfonamides is 1. The van der Waals surface area contributed by atoms with Gasteiger partial charge in [-0.2, -0.15) is 0 Å². The van der Waals surface area contributed by atoms with Crippen molar-refractivity contribution in [1.29, 1.82) is 0 Å². The van der Waals surface area contributed by atoms with Crippen LogP contribution in [0.2, 0.25) is 0 Å². The number of hydrogen-bond acceptors (Lipinski definition) is 4. The number of rotatable bonds is 6. The first-order valence-corrected chi connectivity index (χ1v) is 7.63. The number of nitrogens with zero attached hydrogens (tertiary/aromatic N) is 2. The molecule has 0 aromatic rings. The Balaban J connectivity index is 2.68. The van der Waals surface area contributed by atoms with Crippen molar-refractivity contribution in [2.24, 2.45) is 4.99 Å². The van der Waals surface area contributed by atoms with Gasteiger partial charge in [-0.05, 0) is 26.7 Å². The molecule has 0 saturated carbocycles. The monoisotopic (exact) mass is 262 g/mol. The summed E-state index contributed by atoms with van der Waals surface area (Å²) in [6.07, 6.45) is 1.82. The van der Waals surface area contributed by atoms with E-state index in [0.29, 0.717) is 25.3 Å². The average Bonchev–Trinajstić information content (AvgIpc) is 2.63. The first-order chi connectivity index (χ1) is 7.76. The van der Waals surface area contributed by atoms with Crippen molar-refractivity contribution < 1.29 is 13.5 Å². The van der Waals surface area contributed by atoms with Crippen molar-refractivity contribution in [3.8, 4) is 0 Å². The molecule has 100 valence electrons. The summed E-state index contributed by atoms with van der Waals surface area (Å²) < 4.78 is 25.6. The Hall–Kier alpha value is -0.620. The molecular weight excluding hydrogens is 240 g/mol. The molecule has 0 amide bonds. The molecule has 6 heteroatoms. The van der Waals surface area contributed by atoms with Crippen LogP contribution in [0.3, 0.4) is 0 Å². The highest BCUT2D eigenvalue weighted by atomic mass is 32.2. The van der Waals surface area contributed by atoms with Gasteiger partial charge >= 0.3 is 0 Å².